The molecule has 0 bridgehead atoms. The Hall–Kier alpha value is -1.70. The number of nitrogens with zero attached hydrogens (tertiary/aromatic N) is 3. The van der Waals surface area contributed by atoms with Crippen LogP contribution in [0, 0.1) is 6.92 Å². The molecule has 1 atom stereocenters. The van der Waals surface area contributed by atoms with Gasteiger partial charge in [0, 0.05) is 24.0 Å². The summed E-state index contributed by atoms with van der Waals surface area (Å²) in [6.07, 6.45) is 7.17. The molecule has 0 N–H and O–H groups in total. The SMILES string of the molecule is Cc1cncc(=O)n1CC(=O)N(C1CCCC1)C1CCS(=O)(=O)C1. The smallest absolute Gasteiger partial charge is 0.269 e. The van der Waals surface area contributed by atoms with Crippen LogP contribution in [0.25, 0.3) is 0 Å². The third-order valence-corrected chi connectivity index (χ3v) is 6.79. The summed E-state index contributed by atoms with van der Waals surface area (Å²) in [6, 6.07) is -0.169. The van der Waals surface area contributed by atoms with Crippen molar-refractivity contribution in [2.45, 2.75) is 57.7 Å². The van der Waals surface area contributed by atoms with E-state index in [0.717, 1.165) is 25.7 Å². The molecule has 1 aromatic heterocycles. The van der Waals surface area contributed by atoms with Crippen LogP contribution in [-0.4, -0.2) is 52.4 Å². The number of hydrogen-bond acceptors (Lipinski definition) is 5. The predicted octanol–water partition coefficient (Wildman–Crippen LogP) is 0.510. The molecule has 1 aliphatic heterocycles. The lowest BCUT2D eigenvalue weighted by atomic mass is 10.1. The Kier molecular flexibility index (Phi) is 4.76. The summed E-state index contributed by atoms with van der Waals surface area (Å²) in [7, 11) is -3.07. The molecule has 1 aliphatic carbocycles. The fraction of sp³-hybridized carbons (Fsp3) is 0.688. The Balaban J connectivity index is 1.85. The lowest BCUT2D eigenvalue weighted by Gasteiger charge is -2.34. The highest BCUT2D eigenvalue weighted by Crippen LogP contribution is 2.29. The standard InChI is InChI=1S/C16H23N3O4S/c1-12-8-17-9-15(20)18(12)10-16(21)19(13-4-2-3-5-13)14-6-7-24(22,23)11-14/h8-9,13-14H,2-7,10-11H2,1H3. The molecule has 24 heavy (non-hydrogen) atoms. The van der Waals surface area contributed by atoms with Crippen LogP contribution in [-0.2, 0) is 21.2 Å². The number of sulfone groups is 1. The van der Waals surface area contributed by atoms with Gasteiger partial charge in [-0.15, -0.1) is 0 Å². The van der Waals surface area contributed by atoms with E-state index in [2.05, 4.69) is 4.98 Å². The fourth-order valence-corrected chi connectivity index (χ4v) is 5.54. The second-order valence-electron chi connectivity index (χ2n) is 6.77. The largest absolute Gasteiger partial charge is 0.334 e. The Bertz CT molecular complexity index is 781. The molecule has 0 radical (unpaired) electrons. The van der Waals surface area contributed by atoms with Crippen molar-refractivity contribution < 1.29 is 13.2 Å². The number of rotatable bonds is 4. The normalized spacial score (nSPS) is 23.5. The van der Waals surface area contributed by atoms with Crippen molar-refractivity contribution in [1.29, 1.82) is 0 Å². The van der Waals surface area contributed by atoms with E-state index in [1.165, 1.54) is 10.8 Å². The van der Waals surface area contributed by atoms with Crippen molar-refractivity contribution in [3.05, 3.63) is 28.4 Å². The van der Waals surface area contributed by atoms with Gasteiger partial charge in [0.15, 0.2) is 9.84 Å². The summed E-state index contributed by atoms with van der Waals surface area (Å²) in [5, 5.41) is 0. The quantitative estimate of drug-likeness (QED) is 0.787. The fourth-order valence-electron chi connectivity index (χ4n) is 3.82. The maximum atomic E-state index is 13.0. The van der Waals surface area contributed by atoms with Crippen LogP contribution < -0.4 is 5.56 Å². The number of carbonyl (C=O) groups is 1. The van der Waals surface area contributed by atoms with Gasteiger partial charge >= 0.3 is 0 Å². The molecule has 7 nitrogen and oxygen atoms in total. The van der Waals surface area contributed by atoms with Crippen molar-refractivity contribution in [3.8, 4) is 0 Å². The first-order chi connectivity index (χ1) is 11.4. The van der Waals surface area contributed by atoms with Gasteiger partial charge in [0.05, 0.1) is 17.7 Å². The minimum atomic E-state index is -3.07. The highest BCUT2D eigenvalue weighted by molar-refractivity contribution is 7.91. The van der Waals surface area contributed by atoms with Gasteiger partial charge < -0.3 is 9.47 Å². The minimum Gasteiger partial charge on any atom is -0.334 e. The first kappa shape index (κ1) is 17.1. The third kappa shape index (κ3) is 3.53. The van der Waals surface area contributed by atoms with Crippen molar-refractivity contribution in [2.75, 3.05) is 11.5 Å². The van der Waals surface area contributed by atoms with Crippen molar-refractivity contribution in [2.24, 2.45) is 0 Å². The summed E-state index contributed by atoms with van der Waals surface area (Å²) in [5.74, 6) is 0.0161. The topological polar surface area (TPSA) is 89.3 Å². The molecule has 0 spiro atoms. The van der Waals surface area contributed by atoms with E-state index in [9.17, 15) is 18.0 Å². The van der Waals surface area contributed by atoms with Gasteiger partial charge in [-0.05, 0) is 26.2 Å². The lowest BCUT2D eigenvalue weighted by Crippen LogP contribution is -2.49. The average molecular weight is 353 g/mol. The molecule has 2 fully saturated rings. The molecular weight excluding hydrogens is 330 g/mol. The average Bonchev–Trinajstić information content (AvgIpc) is 3.14. The molecule has 1 saturated carbocycles. The van der Waals surface area contributed by atoms with Crippen LogP contribution in [0.3, 0.4) is 0 Å². The minimum absolute atomic E-state index is 0.0411. The van der Waals surface area contributed by atoms with E-state index in [-0.39, 0.29) is 41.6 Å². The number of aryl methyl sites for hydroxylation is 1. The van der Waals surface area contributed by atoms with E-state index in [1.807, 2.05) is 0 Å². The van der Waals surface area contributed by atoms with Crippen molar-refractivity contribution in [1.82, 2.24) is 14.5 Å². The second-order valence-corrected chi connectivity index (χ2v) is 9.00. The number of aromatic nitrogens is 2. The molecule has 1 unspecified atom stereocenters. The zero-order valence-corrected chi connectivity index (χ0v) is 14.7. The summed E-state index contributed by atoms with van der Waals surface area (Å²) >= 11 is 0. The van der Waals surface area contributed by atoms with Gasteiger partial charge in [-0.1, -0.05) is 12.8 Å². The van der Waals surface area contributed by atoms with Gasteiger partial charge in [-0.3, -0.25) is 14.6 Å². The molecule has 132 valence electrons. The molecule has 0 aromatic carbocycles. The van der Waals surface area contributed by atoms with Crippen LogP contribution in [0.5, 0.6) is 0 Å². The Morgan fingerprint density at radius 3 is 2.54 bits per heavy atom. The van der Waals surface area contributed by atoms with E-state index in [4.69, 9.17) is 0 Å². The van der Waals surface area contributed by atoms with Gasteiger partial charge in [-0.2, -0.15) is 0 Å². The maximum absolute atomic E-state index is 13.0. The van der Waals surface area contributed by atoms with Gasteiger partial charge in [-0.25, -0.2) is 8.42 Å². The van der Waals surface area contributed by atoms with Crippen LogP contribution in [0.4, 0.5) is 0 Å². The molecule has 1 saturated heterocycles. The first-order valence-electron chi connectivity index (χ1n) is 8.40. The van der Waals surface area contributed by atoms with Gasteiger partial charge in [0.2, 0.25) is 5.91 Å². The maximum Gasteiger partial charge on any atom is 0.269 e. The zero-order chi connectivity index (χ0) is 17.3. The summed E-state index contributed by atoms with van der Waals surface area (Å²) < 4.78 is 25.1. The molecule has 2 heterocycles. The Morgan fingerprint density at radius 2 is 1.96 bits per heavy atom. The Labute approximate surface area is 141 Å². The number of hydrogen-bond donors (Lipinski definition) is 0. The summed E-state index contributed by atoms with van der Waals surface area (Å²) in [5.41, 5.74) is 0.315. The van der Waals surface area contributed by atoms with Crippen molar-refractivity contribution >= 4 is 15.7 Å². The summed E-state index contributed by atoms with van der Waals surface area (Å²) in [6.45, 7) is 1.68. The summed E-state index contributed by atoms with van der Waals surface area (Å²) in [4.78, 5) is 30.5. The molecule has 1 amide bonds. The number of carbonyl (C=O) groups excluding carboxylic acids is 1. The molecule has 2 aliphatic rings. The van der Waals surface area contributed by atoms with E-state index >= 15 is 0 Å². The lowest BCUT2D eigenvalue weighted by molar-refractivity contribution is -0.136. The molecule has 8 heteroatoms. The van der Waals surface area contributed by atoms with Crippen LogP contribution in [0.1, 0.15) is 37.8 Å². The van der Waals surface area contributed by atoms with Crippen LogP contribution in [0.15, 0.2) is 17.2 Å². The molecule has 3 rings (SSSR count). The first-order valence-corrected chi connectivity index (χ1v) is 10.2. The molecule has 1 aromatic rings. The van der Waals surface area contributed by atoms with E-state index < -0.39 is 9.84 Å². The third-order valence-electron chi connectivity index (χ3n) is 5.04. The van der Waals surface area contributed by atoms with Gasteiger partial charge in [0.25, 0.3) is 5.56 Å². The number of amides is 1. The van der Waals surface area contributed by atoms with E-state index in [0.29, 0.717) is 12.1 Å². The second kappa shape index (κ2) is 6.66. The van der Waals surface area contributed by atoms with E-state index in [1.54, 1.807) is 18.0 Å². The van der Waals surface area contributed by atoms with Crippen LogP contribution in [0.2, 0.25) is 0 Å². The van der Waals surface area contributed by atoms with Gasteiger partial charge in [0.1, 0.15) is 6.54 Å². The van der Waals surface area contributed by atoms with Crippen molar-refractivity contribution in [3.63, 3.8) is 0 Å². The Morgan fingerprint density at radius 1 is 1.25 bits per heavy atom. The van der Waals surface area contributed by atoms with Crippen LogP contribution >= 0.6 is 0 Å². The highest BCUT2D eigenvalue weighted by Gasteiger charge is 2.39. The highest BCUT2D eigenvalue weighted by atomic mass is 32.2. The predicted molar refractivity (Wildman–Crippen MR) is 89.4 cm³/mol. The molecular formula is C16H23N3O4S. The zero-order valence-electron chi connectivity index (χ0n) is 13.8. The monoisotopic (exact) mass is 353 g/mol.